The first kappa shape index (κ1) is 22.1. The van der Waals surface area contributed by atoms with E-state index in [1.54, 1.807) is 0 Å². The quantitative estimate of drug-likeness (QED) is 0.410. The van der Waals surface area contributed by atoms with Crippen molar-refractivity contribution in [3.05, 3.63) is 60.8 Å². The highest BCUT2D eigenvalue weighted by molar-refractivity contribution is 7.92. The predicted octanol–water partition coefficient (Wildman–Crippen LogP) is 1.63. The summed E-state index contributed by atoms with van der Waals surface area (Å²) in [6.07, 6.45) is 1.35. The first-order chi connectivity index (χ1) is 14.5. The minimum atomic E-state index is -3.97. The molecule has 1 amide bonds. The number of nitrogens with two attached hydrogens (primary N) is 1. The van der Waals surface area contributed by atoms with E-state index in [0.717, 1.165) is 0 Å². The summed E-state index contributed by atoms with van der Waals surface area (Å²) in [6, 6.07) is 12.7. The summed E-state index contributed by atoms with van der Waals surface area (Å²) >= 11 is 0. The molecule has 2 aromatic carbocycles. The number of sulfonamides is 2. The van der Waals surface area contributed by atoms with E-state index in [4.69, 9.17) is 5.14 Å². The predicted molar refractivity (Wildman–Crippen MR) is 115 cm³/mol. The molecule has 0 saturated carbocycles. The van der Waals surface area contributed by atoms with Crippen molar-refractivity contribution in [2.75, 3.05) is 15.4 Å². The summed E-state index contributed by atoms with van der Waals surface area (Å²) in [7, 11) is -7.77. The molecule has 0 aliphatic heterocycles. The molecule has 5 N–H and O–H groups in total. The standard InChI is InChI=1S/C18H18N6O5S2/c1-12(25)21-13-4-8-16(9-5-13)31(28,29)24-18-20-11-10-17(23-18)22-14-2-6-15(7-3-14)30(19,26)27/h2-11H,1H3,(H,21,25)(H2,19,26,27)(H2,20,22,23,24). The van der Waals surface area contributed by atoms with E-state index < -0.39 is 20.0 Å². The first-order valence-electron chi connectivity index (χ1n) is 8.66. The number of nitrogens with zero attached hydrogens (tertiary/aromatic N) is 2. The summed E-state index contributed by atoms with van der Waals surface area (Å²) < 4.78 is 50.0. The summed E-state index contributed by atoms with van der Waals surface area (Å²) in [6.45, 7) is 1.35. The van der Waals surface area contributed by atoms with Crippen LogP contribution in [0.5, 0.6) is 0 Å². The third-order valence-electron chi connectivity index (χ3n) is 3.82. The largest absolute Gasteiger partial charge is 0.340 e. The van der Waals surface area contributed by atoms with E-state index in [1.165, 1.54) is 67.7 Å². The van der Waals surface area contributed by atoms with Gasteiger partial charge in [0.25, 0.3) is 10.0 Å². The van der Waals surface area contributed by atoms with Gasteiger partial charge in [-0.2, -0.15) is 4.98 Å². The molecule has 31 heavy (non-hydrogen) atoms. The van der Waals surface area contributed by atoms with Gasteiger partial charge in [-0.25, -0.2) is 31.7 Å². The number of benzene rings is 2. The first-order valence-corrected chi connectivity index (χ1v) is 11.7. The molecule has 0 bridgehead atoms. The van der Waals surface area contributed by atoms with Crippen LogP contribution in [0, 0.1) is 0 Å². The number of carbonyl (C=O) groups is 1. The van der Waals surface area contributed by atoms with Crippen LogP contribution in [0.25, 0.3) is 0 Å². The molecule has 162 valence electrons. The smallest absolute Gasteiger partial charge is 0.264 e. The lowest BCUT2D eigenvalue weighted by molar-refractivity contribution is -0.114. The van der Waals surface area contributed by atoms with Crippen molar-refractivity contribution in [1.82, 2.24) is 9.97 Å². The number of primary sulfonamides is 1. The third-order valence-corrected chi connectivity index (χ3v) is 6.09. The molecule has 0 unspecified atom stereocenters. The maximum absolute atomic E-state index is 12.6. The van der Waals surface area contributed by atoms with E-state index >= 15 is 0 Å². The molecule has 0 spiro atoms. The van der Waals surface area contributed by atoms with Crippen LogP contribution in [0.3, 0.4) is 0 Å². The molecule has 0 atom stereocenters. The van der Waals surface area contributed by atoms with Crippen LogP contribution >= 0.6 is 0 Å². The Bertz CT molecular complexity index is 1310. The summed E-state index contributed by atoms with van der Waals surface area (Å²) in [5.41, 5.74) is 0.968. The van der Waals surface area contributed by atoms with Gasteiger partial charge in [0.15, 0.2) is 0 Å². The SMILES string of the molecule is CC(=O)Nc1ccc(S(=O)(=O)Nc2nccc(Nc3ccc(S(N)(=O)=O)cc3)n2)cc1. The fraction of sp³-hybridized carbons (Fsp3) is 0.0556. The molecule has 0 saturated heterocycles. The zero-order chi connectivity index (χ0) is 22.6. The van der Waals surface area contributed by atoms with E-state index in [-0.39, 0.29) is 27.5 Å². The van der Waals surface area contributed by atoms with Crippen LogP contribution in [0.1, 0.15) is 6.92 Å². The summed E-state index contributed by atoms with van der Waals surface area (Å²) in [5.74, 6) is -0.167. The van der Waals surface area contributed by atoms with Crippen LogP contribution in [0.2, 0.25) is 0 Å². The molecular formula is C18H18N6O5S2. The normalized spacial score (nSPS) is 11.5. The second kappa shape index (κ2) is 8.67. The lowest BCUT2D eigenvalue weighted by Gasteiger charge is -2.10. The van der Waals surface area contributed by atoms with Crippen molar-refractivity contribution in [3.63, 3.8) is 0 Å². The number of aromatic nitrogens is 2. The van der Waals surface area contributed by atoms with Crippen molar-refractivity contribution in [3.8, 4) is 0 Å². The molecule has 1 heterocycles. The Morgan fingerprint density at radius 1 is 0.871 bits per heavy atom. The van der Waals surface area contributed by atoms with E-state index in [0.29, 0.717) is 11.4 Å². The molecule has 0 aliphatic carbocycles. The van der Waals surface area contributed by atoms with Gasteiger partial charge in [0, 0.05) is 24.5 Å². The number of amides is 1. The summed E-state index contributed by atoms with van der Waals surface area (Å²) in [4.78, 5) is 19.0. The fourth-order valence-electron chi connectivity index (χ4n) is 2.45. The van der Waals surface area contributed by atoms with Gasteiger partial charge >= 0.3 is 0 Å². The number of carbonyl (C=O) groups excluding carboxylic acids is 1. The minimum absolute atomic E-state index is 0.0397. The van der Waals surface area contributed by atoms with E-state index in [1.807, 2.05) is 0 Å². The van der Waals surface area contributed by atoms with Crippen LogP contribution in [0.15, 0.2) is 70.6 Å². The Kier molecular flexibility index (Phi) is 6.19. The Morgan fingerprint density at radius 3 is 2.03 bits per heavy atom. The molecule has 1 aromatic heterocycles. The van der Waals surface area contributed by atoms with Gasteiger partial charge in [-0.15, -0.1) is 0 Å². The zero-order valence-corrected chi connectivity index (χ0v) is 17.7. The Labute approximate surface area is 178 Å². The molecular weight excluding hydrogens is 444 g/mol. The van der Waals surface area contributed by atoms with Crippen molar-refractivity contribution in [2.24, 2.45) is 5.14 Å². The average Bonchev–Trinajstić information content (AvgIpc) is 2.67. The van der Waals surface area contributed by atoms with Crippen molar-refractivity contribution >= 4 is 49.1 Å². The highest BCUT2D eigenvalue weighted by Gasteiger charge is 2.16. The minimum Gasteiger partial charge on any atom is -0.340 e. The number of nitrogens with one attached hydrogen (secondary N) is 3. The number of rotatable bonds is 7. The molecule has 0 aliphatic rings. The zero-order valence-electron chi connectivity index (χ0n) is 16.1. The molecule has 3 rings (SSSR count). The maximum atomic E-state index is 12.6. The number of hydrogen-bond donors (Lipinski definition) is 4. The highest BCUT2D eigenvalue weighted by Crippen LogP contribution is 2.20. The van der Waals surface area contributed by atoms with Gasteiger partial charge < -0.3 is 10.6 Å². The second-order valence-electron chi connectivity index (χ2n) is 6.27. The second-order valence-corrected chi connectivity index (χ2v) is 9.51. The number of anilines is 4. The van der Waals surface area contributed by atoms with Gasteiger partial charge in [-0.05, 0) is 54.6 Å². The maximum Gasteiger partial charge on any atom is 0.264 e. The third kappa shape index (κ3) is 5.97. The molecule has 0 fully saturated rings. The topological polar surface area (TPSA) is 173 Å². The van der Waals surface area contributed by atoms with Crippen molar-refractivity contribution in [2.45, 2.75) is 16.7 Å². The Balaban J connectivity index is 1.74. The van der Waals surface area contributed by atoms with Gasteiger partial charge in [0.2, 0.25) is 21.9 Å². The summed E-state index contributed by atoms with van der Waals surface area (Å²) in [5, 5.41) is 10.5. The fourth-order valence-corrected chi connectivity index (χ4v) is 3.92. The van der Waals surface area contributed by atoms with E-state index in [9.17, 15) is 21.6 Å². The van der Waals surface area contributed by atoms with Gasteiger partial charge in [-0.1, -0.05) is 0 Å². The molecule has 11 nitrogen and oxygen atoms in total. The van der Waals surface area contributed by atoms with Gasteiger partial charge in [0.05, 0.1) is 9.79 Å². The van der Waals surface area contributed by atoms with Gasteiger partial charge in [-0.3, -0.25) is 4.79 Å². The molecule has 0 radical (unpaired) electrons. The van der Waals surface area contributed by atoms with Crippen molar-refractivity contribution < 1.29 is 21.6 Å². The average molecular weight is 463 g/mol. The van der Waals surface area contributed by atoms with E-state index in [2.05, 4.69) is 25.3 Å². The lowest BCUT2D eigenvalue weighted by Crippen LogP contribution is -2.15. The van der Waals surface area contributed by atoms with Gasteiger partial charge in [0.1, 0.15) is 5.82 Å². The van der Waals surface area contributed by atoms with Crippen LogP contribution in [0.4, 0.5) is 23.1 Å². The number of hydrogen-bond acceptors (Lipinski definition) is 8. The van der Waals surface area contributed by atoms with Crippen molar-refractivity contribution in [1.29, 1.82) is 0 Å². The Morgan fingerprint density at radius 2 is 1.45 bits per heavy atom. The lowest BCUT2D eigenvalue weighted by atomic mass is 10.3. The van der Waals surface area contributed by atoms with Crippen LogP contribution < -0.4 is 20.5 Å². The van der Waals surface area contributed by atoms with Crippen LogP contribution in [-0.4, -0.2) is 32.7 Å². The Hall–Kier alpha value is -3.55. The highest BCUT2D eigenvalue weighted by atomic mass is 32.2. The molecule has 13 heteroatoms. The molecule has 3 aromatic rings. The monoisotopic (exact) mass is 462 g/mol. The van der Waals surface area contributed by atoms with Crippen LogP contribution in [-0.2, 0) is 24.8 Å².